The molecule has 1 N–H and O–H groups in total. The lowest BCUT2D eigenvalue weighted by Crippen LogP contribution is -2.26. The van der Waals surface area contributed by atoms with Crippen LogP contribution in [-0.2, 0) is 5.41 Å². The van der Waals surface area contributed by atoms with Crippen molar-refractivity contribution in [3.8, 4) is 0 Å². The zero-order valence-electron chi connectivity index (χ0n) is 16.0. The highest BCUT2D eigenvalue weighted by Gasteiger charge is 2.44. The lowest BCUT2D eigenvalue weighted by atomic mass is 9.79. The SMILES string of the molecule is C[N+]1=C(/C=C/c2c[nH]c3ccccc23)C(C)(C)c2c1ccc1ccccc21. The molecule has 0 amide bonds. The molecule has 132 valence electrons. The van der Waals surface area contributed by atoms with E-state index in [1.54, 1.807) is 0 Å². The molecule has 0 atom stereocenters. The Bertz CT molecular complexity index is 1250. The third kappa shape index (κ3) is 2.30. The van der Waals surface area contributed by atoms with Gasteiger partial charge in [-0.05, 0) is 48.4 Å². The maximum Gasteiger partial charge on any atom is 0.210 e. The second kappa shape index (κ2) is 5.68. The van der Waals surface area contributed by atoms with Crippen molar-refractivity contribution in [1.29, 1.82) is 0 Å². The molecule has 0 bridgehead atoms. The summed E-state index contributed by atoms with van der Waals surface area (Å²) in [5.74, 6) is 0. The topological polar surface area (TPSA) is 18.8 Å². The van der Waals surface area contributed by atoms with Crippen molar-refractivity contribution in [1.82, 2.24) is 4.98 Å². The Morgan fingerprint density at radius 3 is 2.44 bits per heavy atom. The first-order valence-electron chi connectivity index (χ1n) is 9.45. The van der Waals surface area contributed by atoms with Crippen LogP contribution in [0.15, 0.2) is 72.9 Å². The Morgan fingerprint density at radius 2 is 1.59 bits per heavy atom. The van der Waals surface area contributed by atoms with Crippen LogP contribution in [0.5, 0.6) is 0 Å². The number of benzene rings is 3. The highest BCUT2D eigenvalue weighted by atomic mass is 15.0. The molecule has 0 radical (unpaired) electrons. The van der Waals surface area contributed by atoms with Gasteiger partial charge in [-0.1, -0.05) is 42.5 Å². The number of nitrogens with one attached hydrogen (secondary N) is 1. The van der Waals surface area contributed by atoms with Crippen molar-refractivity contribution in [3.05, 3.63) is 84.1 Å². The maximum absolute atomic E-state index is 3.36. The van der Waals surface area contributed by atoms with Crippen molar-refractivity contribution in [2.24, 2.45) is 0 Å². The van der Waals surface area contributed by atoms with Crippen LogP contribution in [0.25, 0.3) is 27.8 Å². The number of aromatic amines is 1. The van der Waals surface area contributed by atoms with Gasteiger partial charge in [-0.15, -0.1) is 0 Å². The van der Waals surface area contributed by atoms with Gasteiger partial charge in [0, 0.05) is 34.8 Å². The number of para-hydroxylation sites is 1. The monoisotopic (exact) mass is 351 g/mol. The lowest BCUT2D eigenvalue weighted by molar-refractivity contribution is -0.401. The summed E-state index contributed by atoms with van der Waals surface area (Å²) in [5, 5.41) is 3.91. The summed E-state index contributed by atoms with van der Waals surface area (Å²) in [4.78, 5) is 3.36. The number of rotatable bonds is 2. The van der Waals surface area contributed by atoms with E-state index in [4.69, 9.17) is 0 Å². The summed E-state index contributed by atoms with van der Waals surface area (Å²) >= 11 is 0. The average Bonchev–Trinajstić information content (AvgIpc) is 3.17. The smallest absolute Gasteiger partial charge is 0.210 e. The minimum absolute atomic E-state index is 0.0481. The van der Waals surface area contributed by atoms with Gasteiger partial charge >= 0.3 is 0 Å². The zero-order chi connectivity index (χ0) is 18.6. The molecule has 2 heterocycles. The molecule has 0 fully saturated rings. The van der Waals surface area contributed by atoms with Crippen LogP contribution in [0.3, 0.4) is 0 Å². The van der Waals surface area contributed by atoms with Crippen molar-refractivity contribution >= 4 is 39.2 Å². The largest absolute Gasteiger partial charge is 0.361 e. The van der Waals surface area contributed by atoms with Crippen molar-refractivity contribution in [2.45, 2.75) is 19.3 Å². The van der Waals surface area contributed by atoms with Gasteiger partial charge in [0.05, 0.1) is 5.41 Å². The van der Waals surface area contributed by atoms with E-state index in [0.717, 1.165) is 0 Å². The van der Waals surface area contributed by atoms with Gasteiger partial charge < -0.3 is 4.98 Å². The second-order valence-electron chi connectivity index (χ2n) is 7.87. The lowest BCUT2D eigenvalue weighted by Gasteiger charge is -2.17. The minimum atomic E-state index is -0.0481. The molecule has 5 rings (SSSR count). The molecular weight excluding hydrogens is 328 g/mol. The third-order valence-corrected chi connectivity index (χ3v) is 5.94. The maximum atomic E-state index is 3.36. The van der Waals surface area contributed by atoms with Crippen LogP contribution in [0.1, 0.15) is 25.0 Å². The highest BCUT2D eigenvalue weighted by molar-refractivity contribution is 6.09. The third-order valence-electron chi connectivity index (χ3n) is 5.94. The number of allylic oxidation sites excluding steroid dienone is 1. The van der Waals surface area contributed by atoms with Gasteiger partial charge in [-0.25, -0.2) is 0 Å². The number of hydrogen-bond acceptors (Lipinski definition) is 0. The fourth-order valence-electron chi connectivity index (χ4n) is 4.59. The van der Waals surface area contributed by atoms with E-state index in [1.165, 1.54) is 44.2 Å². The molecule has 0 unspecified atom stereocenters. The van der Waals surface area contributed by atoms with Gasteiger partial charge in [0.15, 0.2) is 5.71 Å². The van der Waals surface area contributed by atoms with Crippen LogP contribution in [0.4, 0.5) is 5.69 Å². The standard InChI is InChI=1S/C25H22N2/c1-25(2)23(15-13-18-16-26-21-11-7-6-9-19(18)21)27(3)22-14-12-17-8-4-5-10-20(17)24(22)25/h4-16H,1-3H3/p+1. The van der Waals surface area contributed by atoms with E-state index in [0.29, 0.717) is 0 Å². The van der Waals surface area contributed by atoms with Crippen molar-refractivity contribution < 1.29 is 4.58 Å². The van der Waals surface area contributed by atoms with E-state index in [-0.39, 0.29) is 5.41 Å². The fraction of sp³-hybridized carbons (Fsp3) is 0.160. The first kappa shape index (κ1) is 16.1. The Kier molecular flexibility index (Phi) is 3.38. The molecular formula is C25H23N2+. The Labute approximate surface area is 159 Å². The summed E-state index contributed by atoms with van der Waals surface area (Å²) in [7, 11) is 2.18. The summed E-state index contributed by atoms with van der Waals surface area (Å²) < 4.78 is 2.34. The van der Waals surface area contributed by atoms with Crippen LogP contribution in [-0.4, -0.2) is 22.3 Å². The molecule has 0 saturated heterocycles. The van der Waals surface area contributed by atoms with Crippen LogP contribution < -0.4 is 0 Å². The van der Waals surface area contributed by atoms with Crippen molar-refractivity contribution in [3.63, 3.8) is 0 Å². The number of aromatic nitrogens is 1. The Balaban J connectivity index is 1.64. The predicted molar refractivity (Wildman–Crippen MR) is 115 cm³/mol. The molecule has 2 nitrogen and oxygen atoms in total. The Morgan fingerprint density at radius 1 is 0.852 bits per heavy atom. The van der Waals surface area contributed by atoms with E-state index in [1.807, 2.05) is 0 Å². The highest BCUT2D eigenvalue weighted by Crippen LogP contribution is 2.43. The van der Waals surface area contributed by atoms with Crippen molar-refractivity contribution in [2.75, 3.05) is 7.05 Å². The van der Waals surface area contributed by atoms with E-state index >= 15 is 0 Å². The first-order chi connectivity index (χ1) is 13.1. The zero-order valence-corrected chi connectivity index (χ0v) is 16.0. The summed E-state index contributed by atoms with van der Waals surface area (Å²) in [6.07, 6.45) is 6.61. The first-order valence-corrected chi connectivity index (χ1v) is 9.45. The number of fused-ring (bicyclic) bond motifs is 4. The predicted octanol–water partition coefficient (Wildman–Crippen LogP) is 6.04. The summed E-state index contributed by atoms with van der Waals surface area (Å²) in [6, 6.07) is 21.6. The van der Waals surface area contributed by atoms with Gasteiger partial charge in [0.2, 0.25) is 5.69 Å². The molecule has 0 spiro atoms. The molecule has 1 aliphatic rings. The van der Waals surface area contributed by atoms with E-state index in [2.05, 4.69) is 109 Å². The summed E-state index contributed by atoms with van der Waals surface area (Å²) in [5.41, 5.74) is 6.39. The number of H-pyrrole nitrogens is 1. The van der Waals surface area contributed by atoms with Gasteiger partial charge in [-0.3, -0.25) is 0 Å². The quantitative estimate of drug-likeness (QED) is 0.425. The van der Waals surface area contributed by atoms with Gasteiger partial charge in [-0.2, -0.15) is 4.58 Å². The molecule has 0 aliphatic carbocycles. The van der Waals surface area contributed by atoms with E-state index in [9.17, 15) is 0 Å². The molecule has 27 heavy (non-hydrogen) atoms. The van der Waals surface area contributed by atoms with E-state index < -0.39 is 0 Å². The average molecular weight is 351 g/mol. The molecule has 1 aromatic heterocycles. The van der Waals surface area contributed by atoms with Crippen LogP contribution >= 0.6 is 0 Å². The molecule has 1 aliphatic heterocycles. The molecule has 4 aromatic rings. The fourth-order valence-corrected chi connectivity index (χ4v) is 4.59. The Hall–Kier alpha value is -3.13. The summed E-state index contributed by atoms with van der Waals surface area (Å²) in [6.45, 7) is 4.66. The number of nitrogens with zero attached hydrogens (tertiary/aromatic N) is 1. The van der Waals surface area contributed by atoms with Gasteiger partial charge in [0.1, 0.15) is 7.05 Å². The molecule has 3 aromatic carbocycles. The van der Waals surface area contributed by atoms with Crippen LogP contribution in [0, 0.1) is 0 Å². The normalized spacial score (nSPS) is 16.0. The molecule has 0 saturated carbocycles. The minimum Gasteiger partial charge on any atom is -0.361 e. The number of hydrogen-bond donors (Lipinski definition) is 1. The van der Waals surface area contributed by atoms with Crippen LogP contribution in [0.2, 0.25) is 0 Å². The van der Waals surface area contributed by atoms with Gasteiger partial charge in [0.25, 0.3) is 0 Å². The molecule has 2 heteroatoms. The second-order valence-corrected chi connectivity index (χ2v) is 7.87.